The molecule has 8 heteroatoms. The molecule has 3 aromatic rings. The van der Waals surface area contributed by atoms with Gasteiger partial charge in [-0.05, 0) is 26.0 Å². The van der Waals surface area contributed by atoms with E-state index in [2.05, 4.69) is 25.5 Å². The van der Waals surface area contributed by atoms with Gasteiger partial charge in [-0.3, -0.25) is 14.8 Å². The SMILES string of the molecule is Cc1ccc(-c2cc(C(=O)N3CCN(Cc4csc(C)n4)CC3)n[nH]2)o1. The summed E-state index contributed by atoms with van der Waals surface area (Å²) in [6.07, 6.45) is 0. The van der Waals surface area contributed by atoms with Gasteiger partial charge in [-0.15, -0.1) is 11.3 Å². The fourth-order valence-electron chi connectivity index (χ4n) is 3.12. The number of furan rings is 1. The molecule has 4 rings (SSSR count). The molecule has 0 saturated carbocycles. The van der Waals surface area contributed by atoms with E-state index in [1.165, 1.54) is 0 Å². The maximum Gasteiger partial charge on any atom is 0.274 e. The zero-order valence-corrected chi connectivity index (χ0v) is 15.7. The summed E-state index contributed by atoms with van der Waals surface area (Å²) in [6.45, 7) is 7.84. The second-order valence-corrected chi connectivity index (χ2v) is 7.57. The Labute approximate surface area is 155 Å². The smallest absolute Gasteiger partial charge is 0.274 e. The van der Waals surface area contributed by atoms with Crippen LogP contribution in [0.4, 0.5) is 0 Å². The lowest BCUT2D eigenvalue weighted by molar-refractivity contribution is 0.0621. The number of aryl methyl sites for hydroxylation is 2. The van der Waals surface area contributed by atoms with Crippen molar-refractivity contribution in [2.24, 2.45) is 0 Å². The van der Waals surface area contributed by atoms with Crippen molar-refractivity contribution in [3.63, 3.8) is 0 Å². The first-order valence-corrected chi connectivity index (χ1v) is 9.51. The Hall–Kier alpha value is -2.45. The van der Waals surface area contributed by atoms with E-state index in [1.54, 1.807) is 17.4 Å². The quantitative estimate of drug-likeness (QED) is 0.763. The summed E-state index contributed by atoms with van der Waals surface area (Å²) >= 11 is 1.68. The third-order valence-corrected chi connectivity index (χ3v) is 5.34. The molecule has 1 amide bonds. The number of H-pyrrole nitrogens is 1. The number of hydrogen-bond donors (Lipinski definition) is 1. The second-order valence-electron chi connectivity index (χ2n) is 6.50. The number of amides is 1. The van der Waals surface area contributed by atoms with Crippen molar-refractivity contribution in [3.05, 3.63) is 45.7 Å². The molecule has 1 aliphatic heterocycles. The summed E-state index contributed by atoms with van der Waals surface area (Å²) in [6, 6.07) is 5.52. The van der Waals surface area contributed by atoms with Gasteiger partial charge >= 0.3 is 0 Å². The van der Waals surface area contributed by atoms with Crippen LogP contribution in [-0.2, 0) is 6.54 Å². The predicted molar refractivity (Wildman–Crippen MR) is 99.1 cm³/mol. The number of aromatic amines is 1. The Bertz CT molecular complexity index is 904. The van der Waals surface area contributed by atoms with Crippen LogP contribution in [0.2, 0.25) is 0 Å². The fourth-order valence-corrected chi connectivity index (χ4v) is 3.72. The van der Waals surface area contributed by atoms with E-state index in [9.17, 15) is 4.79 Å². The van der Waals surface area contributed by atoms with Crippen molar-refractivity contribution in [1.82, 2.24) is 25.0 Å². The predicted octanol–water partition coefficient (Wildman–Crippen LogP) is 2.70. The van der Waals surface area contributed by atoms with Crippen LogP contribution in [-0.4, -0.2) is 57.1 Å². The van der Waals surface area contributed by atoms with Gasteiger partial charge in [0.25, 0.3) is 5.91 Å². The average Bonchev–Trinajstić information content (AvgIpc) is 3.36. The summed E-state index contributed by atoms with van der Waals surface area (Å²) in [7, 11) is 0. The molecule has 1 saturated heterocycles. The van der Waals surface area contributed by atoms with Crippen molar-refractivity contribution in [2.45, 2.75) is 20.4 Å². The number of aromatic nitrogens is 3. The van der Waals surface area contributed by atoms with E-state index in [-0.39, 0.29) is 5.91 Å². The van der Waals surface area contributed by atoms with E-state index in [0.29, 0.717) is 24.5 Å². The number of thiazole rings is 1. The van der Waals surface area contributed by atoms with Crippen molar-refractivity contribution in [1.29, 1.82) is 0 Å². The molecule has 0 radical (unpaired) electrons. The maximum absolute atomic E-state index is 12.7. The van der Waals surface area contributed by atoms with Crippen molar-refractivity contribution in [3.8, 4) is 11.5 Å². The van der Waals surface area contributed by atoms with Gasteiger partial charge in [0.2, 0.25) is 0 Å². The molecule has 1 aliphatic rings. The van der Waals surface area contributed by atoms with Crippen LogP contribution in [0.3, 0.4) is 0 Å². The van der Waals surface area contributed by atoms with Gasteiger partial charge in [-0.1, -0.05) is 0 Å². The van der Waals surface area contributed by atoms with Gasteiger partial charge in [0, 0.05) is 44.2 Å². The molecule has 1 N–H and O–H groups in total. The molecule has 7 nitrogen and oxygen atoms in total. The highest BCUT2D eigenvalue weighted by atomic mass is 32.1. The van der Waals surface area contributed by atoms with Gasteiger partial charge in [0.1, 0.15) is 11.5 Å². The Kier molecular flexibility index (Phi) is 4.60. The number of carbonyl (C=O) groups is 1. The summed E-state index contributed by atoms with van der Waals surface area (Å²) in [5.41, 5.74) is 2.26. The first-order chi connectivity index (χ1) is 12.6. The minimum Gasteiger partial charge on any atom is -0.460 e. The molecule has 4 heterocycles. The lowest BCUT2D eigenvalue weighted by atomic mass is 10.2. The molecule has 136 valence electrons. The molecule has 26 heavy (non-hydrogen) atoms. The van der Waals surface area contributed by atoms with Crippen LogP contribution in [0.1, 0.15) is 27.0 Å². The van der Waals surface area contributed by atoms with Crippen LogP contribution in [0, 0.1) is 13.8 Å². The number of hydrogen-bond acceptors (Lipinski definition) is 6. The zero-order valence-electron chi connectivity index (χ0n) is 14.9. The minimum absolute atomic E-state index is 0.0417. The van der Waals surface area contributed by atoms with Crippen LogP contribution in [0.25, 0.3) is 11.5 Å². The molecule has 0 atom stereocenters. The Morgan fingerprint density at radius 2 is 2.08 bits per heavy atom. The number of nitrogens with zero attached hydrogens (tertiary/aromatic N) is 4. The standard InChI is InChI=1S/C18H21N5O2S/c1-12-3-4-17(25-12)15-9-16(21-20-15)18(24)23-7-5-22(6-8-23)10-14-11-26-13(2)19-14/h3-4,9,11H,5-8,10H2,1-2H3,(H,20,21). The van der Waals surface area contributed by atoms with Gasteiger partial charge in [-0.25, -0.2) is 4.98 Å². The van der Waals surface area contributed by atoms with E-state index in [1.807, 2.05) is 30.9 Å². The molecule has 0 aliphatic carbocycles. The Morgan fingerprint density at radius 3 is 2.73 bits per heavy atom. The molecular weight excluding hydrogens is 350 g/mol. The van der Waals surface area contributed by atoms with Gasteiger partial charge < -0.3 is 9.32 Å². The summed E-state index contributed by atoms with van der Waals surface area (Å²) in [5.74, 6) is 1.48. The largest absolute Gasteiger partial charge is 0.460 e. The van der Waals surface area contributed by atoms with Crippen molar-refractivity contribution in [2.75, 3.05) is 26.2 Å². The minimum atomic E-state index is -0.0417. The normalized spacial score (nSPS) is 15.5. The molecule has 1 fully saturated rings. The third kappa shape index (κ3) is 3.56. The van der Waals surface area contributed by atoms with E-state index in [4.69, 9.17) is 4.42 Å². The van der Waals surface area contributed by atoms with Gasteiger partial charge in [0.15, 0.2) is 11.5 Å². The van der Waals surface area contributed by atoms with Crippen LogP contribution >= 0.6 is 11.3 Å². The molecule has 3 aromatic heterocycles. The first-order valence-electron chi connectivity index (χ1n) is 8.63. The number of carbonyl (C=O) groups excluding carboxylic acids is 1. The van der Waals surface area contributed by atoms with Crippen molar-refractivity contribution < 1.29 is 9.21 Å². The highest BCUT2D eigenvalue weighted by Gasteiger charge is 2.24. The third-order valence-electron chi connectivity index (χ3n) is 4.51. The molecule has 0 bridgehead atoms. The molecule has 0 aromatic carbocycles. The van der Waals surface area contributed by atoms with Crippen LogP contribution < -0.4 is 0 Å². The van der Waals surface area contributed by atoms with E-state index >= 15 is 0 Å². The van der Waals surface area contributed by atoms with Crippen LogP contribution in [0.5, 0.6) is 0 Å². The number of rotatable bonds is 4. The topological polar surface area (TPSA) is 78.3 Å². The van der Waals surface area contributed by atoms with Crippen molar-refractivity contribution >= 4 is 17.2 Å². The molecule has 0 spiro atoms. The second kappa shape index (κ2) is 7.05. The van der Waals surface area contributed by atoms with E-state index in [0.717, 1.165) is 41.8 Å². The maximum atomic E-state index is 12.7. The first kappa shape index (κ1) is 17.0. The lowest BCUT2D eigenvalue weighted by Crippen LogP contribution is -2.48. The van der Waals surface area contributed by atoms with Gasteiger partial charge in [-0.2, -0.15) is 5.10 Å². The average molecular weight is 371 g/mol. The highest BCUT2D eigenvalue weighted by molar-refractivity contribution is 7.09. The number of piperazine rings is 1. The summed E-state index contributed by atoms with van der Waals surface area (Å²) in [5, 5.41) is 10.3. The summed E-state index contributed by atoms with van der Waals surface area (Å²) < 4.78 is 5.57. The van der Waals surface area contributed by atoms with E-state index < -0.39 is 0 Å². The Morgan fingerprint density at radius 1 is 1.27 bits per heavy atom. The lowest BCUT2D eigenvalue weighted by Gasteiger charge is -2.34. The molecule has 0 unspecified atom stereocenters. The summed E-state index contributed by atoms with van der Waals surface area (Å²) in [4.78, 5) is 21.4. The highest BCUT2D eigenvalue weighted by Crippen LogP contribution is 2.21. The molecular formula is C18H21N5O2S. The van der Waals surface area contributed by atoms with Gasteiger partial charge in [0.05, 0.1) is 10.7 Å². The monoisotopic (exact) mass is 371 g/mol. The number of nitrogens with one attached hydrogen (secondary N) is 1. The fraction of sp³-hybridized carbons (Fsp3) is 0.389. The Balaban J connectivity index is 1.35. The zero-order chi connectivity index (χ0) is 18.1. The van der Waals surface area contributed by atoms with Crippen LogP contribution in [0.15, 0.2) is 28.0 Å².